The van der Waals surface area contributed by atoms with Crippen LogP contribution in [0.3, 0.4) is 0 Å². The Morgan fingerprint density at radius 1 is 1.71 bits per heavy atom. The third-order valence-corrected chi connectivity index (χ3v) is 4.91. The first-order valence-corrected chi connectivity index (χ1v) is 6.71. The van der Waals surface area contributed by atoms with Gasteiger partial charge in [0.15, 0.2) is 4.21 Å². The summed E-state index contributed by atoms with van der Waals surface area (Å²) < 4.78 is 24.7. The predicted octanol–water partition coefficient (Wildman–Crippen LogP) is 0.160. The summed E-state index contributed by atoms with van der Waals surface area (Å²) in [4.78, 5) is 14.4. The molecule has 1 aromatic heterocycles. The molecule has 17 heavy (non-hydrogen) atoms. The molecule has 0 radical (unpaired) electrons. The van der Waals surface area contributed by atoms with Gasteiger partial charge in [-0.3, -0.25) is 4.79 Å². The molecule has 1 N–H and O–H groups in total. The number of carboxylic acid groups (broad SMARTS) is 1. The molecular formula is C9H10N2O4S2. The van der Waals surface area contributed by atoms with Crippen molar-refractivity contribution in [3.8, 4) is 12.3 Å². The quantitative estimate of drug-likeness (QED) is 0.773. The monoisotopic (exact) mass is 274 g/mol. The van der Waals surface area contributed by atoms with Gasteiger partial charge in [-0.2, -0.15) is 4.31 Å². The topological polar surface area (TPSA) is 87.6 Å². The highest BCUT2D eigenvalue weighted by Crippen LogP contribution is 2.21. The minimum Gasteiger partial charge on any atom is -0.480 e. The molecule has 0 atom stereocenters. The van der Waals surface area contributed by atoms with E-state index in [1.54, 1.807) is 6.92 Å². The second-order valence-corrected chi connectivity index (χ2v) is 6.47. The van der Waals surface area contributed by atoms with E-state index in [4.69, 9.17) is 11.5 Å². The lowest BCUT2D eigenvalue weighted by Crippen LogP contribution is -2.35. The minimum absolute atomic E-state index is 0.00787. The summed E-state index contributed by atoms with van der Waals surface area (Å²) >= 11 is 0.974. The summed E-state index contributed by atoms with van der Waals surface area (Å²) in [6.07, 6.45) is 6.22. The van der Waals surface area contributed by atoms with E-state index in [0.29, 0.717) is 5.01 Å². The standard InChI is InChI=1S/C9H10N2O4S2/c1-3-4-11(6-8(12)13)17(14,15)9-5-10-7(2)16-9/h1,5H,4,6H2,2H3,(H,12,13). The van der Waals surface area contributed by atoms with Crippen LogP contribution in [0.4, 0.5) is 0 Å². The fraction of sp³-hybridized carbons (Fsp3) is 0.333. The Balaban J connectivity index is 3.09. The average molecular weight is 274 g/mol. The first-order valence-electron chi connectivity index (χ1n) is 4.45. The van der Waals surface area contributed by atoms with Crippen molar-refractivity contribution in [1.29, 1.82) is 0 Å². The van der Waals surface area contributed by atoms with Crippen molar-refractivity contribution in [2.24, 2.45) is 0 Å². The number of rotatable bonds is 5. The maximum Gasteiger partial charge on any atom is 0.318 e. The van der Waals surface area contributed by atoms with Crippen LogP contribution in [0, 0.1) is 19.3 Å². The van der Waals surface area contributed by atoms with Crippen molar-refractivity contribution in [2.45, 2.75) is 11.1 Å². The Bertz CT molecular complexity index is 556. The molecule has 0 spiro atoms. The van der Waals surface area contributed by atoms with Crippen LogP contribution in [0.15, 0.2) is 10.4 Å². The number of aliphatic carboxylic acids is 1. The van der Waals surface area contributed by atoms with Crippen molar-refractivity contribution in [3.63, 3.8) is 0 Å². The first kappa shape index (κ1) is 13.6. The molecule has 0 aliphatic heterocycles. The summed E-state index contributed by atoms with van der Waals surface area (Å²) in [7, 11) is -3.87. The van der Waals surface area contributed by atoms with Gasteiger partial charge in [0.1, 0.15) is 6.54 Å². The van der Waals surface area contributed by atoms with Crippen molar-refractivity contribution in [1.82, 2.24) is 9.29 Å². The van der Waals surface area contributed by atoms with Crippen molar-refractivity contribution < 1.29 is 18.3 Å². The number of sulfonamides is 1. The highest BCUT2D eigenvalue weighted by atomic mass is 32.2. The van der Waals surface area contributed by atoms with Crippen LogP contribution in [0.25, 0.3) is 0 Å². The Labute approximate surface area is 103 Å². The number of aryl methyl sites for hydroxylation is 1. The van der Waals surface area contributed by atoms with Crippen LogP contribution in [-0.4, -0.2) is 41.9 Å². The Morgan fingerprint density at radius 2 is 2.35 bits per heavy atom. The summed E-state index contributed by atoms with van der Waals surface area (Å²) in [5.74, 6) is 0.864. The molecule has 0 saturated carbocycles. The lowest BCUT2D eigenvalue weighted by atomic mass is 10.6. The van der Waals surface area contributed by atoms with Gasteiger partial charge in [-0.15, -0.1) is 17.8 Å². The first-order chi connectivity index (χ1) is 7.87. The third kappa shape index (κ3) is 3.26. The Kier molecular flexibility index (Phi) is 4.22. The average Bonchev–Trinajstić information content (AvgIpc) is 2.64. The van der Waals surface area contributed by atoms with Crippen LogP contribution in [0.1, 0.15) is 5.01 Å². The Hall–Kier alpha value is -1.43. The molecule has 0 amide bonds. The minimum atomic E-state index is -3.87. The molecule has 0 fully saturated rings. The second kappa shape index (κ2) is 5.27. The highest BCUT2D eigenvalue weighted by molar-refractivity contribution is 7.91. The predicted molar refractivity (Wildman–Crippen MR) is 62.1 cm³/mol. The number of nitrogens with zero attached hydrogens (tertiary/aromatic N) is 2. The molecule has 0 unspecified atom stereocenters. The lowest BCUT2D eigenvalue weighted by Gasteiger charge is -2.15. The zero-order chi connectivity index (χ0) is 13.1. The summed E-state index contributed by atoms with van der Waals surface area (Å²) in [6.45, 7) is 0.710. The molecule has 1 heterocycles. The van der Waals surface area contributed by atoms with Crippen molar-refractivity contribution in [2.75, 3.05) is 13.1 Å². The zero-order valence-electron chi connectivity index (χ0n) is 8.95. The van der Waals surface area contributed by atoms with Crippen LogP contribution in [0.5, 0.6) is 0 Å². The molecule has 0 saturated heterocycles. The van der Waals surface area contributed by atoms with Gasteiger partial charge in [-0.1, -0.05) is 5.92 Å². The number of terminal acetylenes is 1. The van der Waals surface area contributed by atoms with E-state index in [0.717, 1.165) is 15.6 Å². The van der Waals surface area contributed by atoms with E-state index in [1.165, 1.54) is 6.20 Å². The van der Waals surface area contributed by atoms with E-state index in [9.17, 15) is 13.2 Å². The number of hydrogen-bond acceptors (Lipinski definition) is 5. The highest BCUT2D eigenvalue weighted by Gasteiger charge is 2.27. The lowest BCUT2D eigenvalue weighted by molar-refractivity contribution is -0.137. The van der Waals surface area contributed by atoms with Crippen LogP contribution >= 0.6 is 11.3 Å². The number of hydrogen-bond donors (Lipinski definition) is 1. The molecule has 0 aromatic carbocycles. The van der Waals surface area contributed by atoms with Gasteiger partial charge in [0.25, 0.3) is 10.0 Å². The molecule has 0 aliphatic carbocycles. The summed E-state index contributed by atoms with van der Waals surface area (Å²) in [6, 6.07) is 0. The van der Waals surface area contributed by atoms with Crippen molar-refractivity contribution >= 4 is 27.3 Å². The van der Waals surface area contributed by atoms with Gasteiger partial charge in [-0.25, -0.2) is 13.4 Å². The van der Waals surface area contributed by atoms with Gasteiger partial charge in [0.2, 0.25) is 0 Å². The summed E-state index contributed by atoms with van der Waals surface area (Å²) in [5.41, 5.74) is 0. The van der Waals surface area contributed by atoms with E-state index >= 15 is 0 Å². The molecule has 6 nitrogen and oxygen atoms in total. The zero-order valence-corrected chi connectivity index (χ0v) is 10.6. The number of aromatic nitrogens is 1. The normalized spacial score (nSPS) is 11.4. The smallest absolute Gasteiger partial charge is 0.318 e. The van der Waals surface area contributed by atoms with Gasteiger partial charge >= 0.3 is 5.97 Å². The van der Waals surface area contributed by atoms with E-state index in [-0.39, 0.29) is 10.8 Å². The van der Waals surface area contributed by atoms with E-state index in [1.807, 2.05) is 0 Å². The molecular weight excluding hydrogens is 264 g/mol. The molecule has 8 heteroatoms. The molecule has 0 aliphatic rings. The number of carboxylic acids is 1. The van der Waals surface area contributed by atoms with Crippen LogP contribution < -0.4 is 0 Å². The SMILES string of the molecule is C#CCN(CC(=O)O)S(=O)(=O)c1cnc(C)s1. The molecule has 1 rings (SSSR count). The maximum atomic E-state index is 12.0. The van der Waals surface area contributed by atoms with Gasteiger partial charge in [0.05, 0.1) is 17.7 Å². The largest absolute Gasteiger partial charge is 0.480 e. The van der Waals surface area contributed by atoms with E-state index < -0.39 is 22.5 Å². The summed E-state index contributed by atoms with van der Waals surface area (Å²) in [5, 5.41) is 9.22. The number of thiazole rings is 1. The van der Waals surface area contributed by atoms with Gasteiger partial charge < -0.3 is 5.11 Å². The van der Waals surface area contributed by atoms with Crippen molar-refractivity contribution in [3.05, 3.63) is 11.2 Å². The van der Waals surface area contributed by atoms with Crippen LogP contribution in [0.2, 0.25) is 0 Å². The molecule has 92 valence electrons. The third-order valence-electron chi connectivity index (χ3n) is 1.77. The van der Waals surface area contributed by atoms with Gasteiger partial charge in [-0.05, 0) is 6.92 Å². The molecule has 0 bridgehead atoms. The maximum absolute atomic E-state index is 12.0. The fourth-order valence-corrected chi connectivity index (χ4v) is 3.63. The number of carbonyl (C=O) groups is 1. The fourth-order valence-electron chi connectivity index (χ4n) is 1.07. The Morgan fingerprint density at radius 3 is 2.76 bits per heavy atom. The molecule has 1 aromatic rings. The van der Waals surface area contributed by atoms with E-state index in [2.05, 4.69) is 10.9 Å². The van der Waals surface area contributed by atoms with Gasteiger partial charge in [0, 0.05) is 0 Å². The second-order valence-electron chi connectivity index (χ2n) is 3.07. The van der Waals surface area contributed by atoms with Crippen LogP contribution in [-0.2, 0) is 14.8 Å².